The van der Waals surface area contributed by atoms with Crippen LogP contribution in [0.2, 0.25) is 0 Å². The molecule has 0 aliphatic heterocycles. The standard InChI is InChI=1S/C18H31N15O10S2.2Na/c34-5-1-32(2-6-35)17-26-11(19-9-44-43-42-38)21-13(28-17)23-15-25-16(31-30-15)24-14-22-12(20-10-45(39,40)41)27-18(29-14)33(3-7-36)4-8-37;;/h34-38H,1-10H2,(H,39,40,41)(H5,19,20,21,22,23,24,25,26,27,28,29,30,31);;/q;2*+1/p-2. The van der Waals surface area contributed by atoms with Crippen molar-refractivity contribution in [1.29, 1.82) is 0 Å². The molecule has 29 heteroatoms. The molecule has 9 N–H and O–H groups in total. The molecule has 3 aromatic heterocycles. The number of hydrogen-bond acceptors (Lipinski definition) is 25. The maximum atomic E-state index is 11.1. The molecule has 3 rings (SSSR count). The molecule has 0 fully saturated rings. The van der Waals surface area contributed by atoms with Gasteiger partial charge in [-0.1, -0.05) is 0 Å². The van der Waals surface area contributed by atoms with Gasteiger partial charge < -0.3 is 50.7 Å². The molecule has 0 spiro atoms. The average Bonchev–Trinajstić information content (AvgIpc) is 3.43. The molecule has 0 aliphatic rings. The minimum Gasteiger partial charge on any atom is -0.747 e. The number of nitrogens with one attached hydrogen (secondary N) is 5. The van der Waals surface area contributed by atoms with Crippen LogP contribution in [0.1, 0.15) is 0 Å². The zero-order chi connectivity index (χ0) is 32.7. The molecule has 3 aromatic rings. The SMILES string of the molecule is O=S(=O)([O-])CNc1nc(Nc2nc(Nc3nc(NCSOO[O-])nc(N(CCO)CCO)n3)n[nH]2)nc(N(CCO)CCO)n1.[Na+].[Na+]. The van der Waals surface area contributed by atoms with Crippen molar-refractivity contribution in [2.24, 2.45) is 0 Å². The van der Waals surface area contributed by atoms with E-state index in [2.05, 4.69) is 75.7 Å². The Balaban J connectivity index is 0.00000552. The zero-order valence-corrected chi connectivity index (χ0v) is 30.7. The van der Waals surface area contributed by atoms with Gasteiger partial charge in [-0.3, -0.25) is 15.7 Å². The van der Waals surface area contributed by atoms with Crippen molar-refractivity contribution < 1.29 is 107 Å². The van der Waals surface area contributed by atoms with E-state index in [4.69, 9.17) is 0 Å². The Labute approximate surface area is 315 Å². The molecule has 47 heavy (non-hydrogen) atoms. The van der Waals surface area contributed by atoms with Crippen LogP contribution in [0.25, 0.3) is 0 Å². The Hall–Kier alpha value is -2.06. The van der Waals surface area contributed by atoms with Crippen LogP contribution in [-0.2, 0) is 19.5 Å². The normalized spacial score (nSPS) is 10.9. The Bertz CT molecular complexity index is 1440. The van der Waals surface area contributed by atoms with E-state index in [0.29, 0.717) is 12.0 Å². The summed E-state index contributed by atoms with van der Waals surface area (Å²) >= 11 is 0.618. The van der Waals surface area contributed by atoms with E-state index in [9.17, 15) is 38.7 Å². The Morgan fingerprint density at radius 3 is 1.70 bits per heavy atom. The number of rotatable bonds is 22. The van der Waals surface area contributed by atoms with Crippen molar-refractivity contribution >= 4 is 69.7 Å². The average molecular weight is 726 g/mol. The van der Waals surface area contributed by atoms with Crippen LogP contribution in [0.3, 0.4) is 0 Å². The van der Waals surface area contributed by atoms with Gasteiger partial charge in [0.05, 0.1) is 44.3 Å². The summed E-state index contributed by atoms with van der Waals surface area (Å²) < 4.78 is 37.5. The number of aliphatic hydroxyl groups excluding tert-OH is 4. The summed E-state index contributed by atoms with van der Waals surface area (Å²) in [6.45, 7) is -0.987. The maximum Gasteiger partial charge on any atom is 1.00 e. The van der Waals surface area contributed by atoms with Crippen LogP contribution in [0.15, 0.2) is 0 Å². The van der Waals surface area contributed by atoms with Crippen molar-refractivity contribution in [2.75, 3.05) is 95.4 Å². The largest absolute Gasteiger partial charge is 1.00 e. The van der Waals surface area contributed by atoms with E-state index < -0.39 is 16.0 Å². The monoisotopic (exact) mass is 725 g/mol. The van der Waals surface area contributed by atoms with E-state index in [1.54, 1.807) is 0 Å². The summed E-state index contributed by atoms with van der Waals surface area (Å²) in [5.74, 6) is -1.71. The van der Waals surface area contributed by atoms with Gasteiger partial charge in [-0.2, -0.15) is 39.2 Å². The Morgan fingerprint density at radius 2 is 1.21 bits per heavy atom. The van der Waals surface area contributed by atoms with E-state index in [1.807, 2.05) is 0 Å². The number of nitrogens with zero attached hydrogens (tertiary/aromatic N) is 10. The Kier molecular flexibility index (Phi) is 20.6. The topological polar surface area (TPSA) is 353 Å². The molecule has 0 saturated carbocycles. The summed E-state index contributed by atoms with van der Waals surface area (Å²) in [5.41, 5.74) is 0. The van der Waals surface area contributed by atoms with Crippen LogP contribution < -0.4 is 95.4 Å². The molecular weight excluding hydrogens is 696 g/mol. The molecule has 0 amide bonds. The van der Waals surface area contributed by atoms with Crippen LogP contribution in [-0.4, -0.2) is 143 Å². The first-order valence-electron chi connectivity index (χ1n) is 12.6. The van der Waals surface area contributed by atoms with E-state index >= 15 is 0 Å². The molecule has 0 unspecified atom stereocenters. The van der Waals surface area contributed by atoms with Crippen LogP contribution >= 0.6 is 12.0 Å². The van der Waals surface area contributed by atoms with Gasteiger partial charge in [0.1, 0.15) is 16.0 Å². The summed E-state index contributed by atoms with van der Waals surface area (Å²) in [5, 5.41) is 67.9. The molecule has 25 nitrogen and oxygen atoms in total. The molecule has 0 bridgehead atoms. The summed E-state index contributed by atoms with van der Waals surface area (Å²) in [6.07, 6.45) is 0. The molecule has 0 aromatic carbocycles. The number of anilines is 8. The second-order valence-corrected chi connectivity index (χ2v) is 10.2. The predicted octanol–water partition coefficient (Wildman–Crippen LogP) is -10.6. The number of aliphatic hydroxyl groups is 4. The number of aromatic amines is 1. The Morgan fingerprint density at radius 1 is 0.723 bits per heavy atom. The van der Waals surface area contributed by atoms with Crippen molar-refractivity contribution in [3.05, 3.63) is 0 Å². The van der Waals surface area contributed by atoms with Crippen molar-refractivity contribution in [3.8, 4) is 0 Å². The van der Waals surface area contributed by atoms with Crippen LogP contribution in [0.4, 0.5) is 47.6 Å². The molecule has 0 aliphatic carbocycles. The van der Waals surface area contributed by atoms with Crippen molar-refractivity contribution in [1.82, 2.24) is 45.1 Å². The number of H-pyrrole nitrogens is 1. The molecule has 0 saturated heterocycles. The maximum absolute atomic E-state index is 11.1. The van der Waals surface area contributed by atoms with Crippen LogP contribution in [0, 0.1) is 0 Å². The van der Waals surface area contributed by atoms with E-state index in [0.717, 1.165) is 0 Å². The smallest absolute Gasteiger partial charge is 0.747 e. The molecular formula is C18H29N15Na2O10S2. The third-order valence-corrected chi connectivity index (χ3v) is 5.92. The fraction of sp³-hybridized carbons (Fsp3) is 0.556. The van der Waals surface area contributed by atoms with Crippen molar-refractivity contribution in [3.63, 3.8) is 0 Å². The zero-order valence-electron chi connectivity index (χ0n) is 25.1. The fourth-order valence-corrected chi connectivity index (χ4v) is 3.84. The first-order valence-corrected chi connectivity index (χ1v) is 15.1. The third-order valence-electron chi connectivity index (χ3n) is 5.00. The van der Waals surface area contributed by atoms with Gasteiger partial charge in [0.2, 0.25) is 41.6 Å². The first-order chi connectivity index (χ1) is 21.7. The summed E-state index contributed by atoms with van der Waals surface area (Å²) in [4.78, 5) is 32.0. The van der Waals surface area contributed by atoms with E-state index in [-0.39, 0.29) is 165 Å². The van der Waals surface area contributed by atoms with Crippen molar-refractivity contribution in [2.45, 2.75) is 0 Å². The van der Waals surface area contributed by atoms with Gasteiger partial charge in [-0.25, -0.2) is 13.5 Å². The quantitative estimate of drug-likeness (QED) is 0.00883. The summed E-state index contributed by atoms with van der Waals surface area (Å²) in [7, 11) is -4.69. The second-order valence-electron chi connectivity index (χ2n) is 8.15. The molecule has 0 atom stereocenters. The second kappa shape index (κ2) is 22.6. The summed E-state index contributed by atoms with van der Waals surface area (Å²) in [6, 6.07) is 0. The molecule has 250 valence electrons. The van der Waals surface area contributed by atoms with Gasteiger partial charge in [0.25, 0.3) is 5.95 Å². The molecule has 0 radical (unpaired) electrons. The van der Waals surface area contributed by atoms with Gasteiger partial charge in [0, 0.05) is 26.2 Å². The molecule has 3 heterocycles. The fourth-order valence-electron chi connectivity index (χ4n) is 3.26. The number of hydrogen-bond donors (Lipinski definition) is 9. The minimum atomic E-state index is -4.69. The first kappa shape index (κ1) is 43.0. The van der Waals surface area contributed by atoms with Gasteiger partial charge >= 0.3 is 59.1 Å². The third kappa shape index (κ3) is 15.4. The predicted molar refractivity (Wildman–Crippen MR) is 152 cm³/mol. The van der Waals surface area contributed by atoms with E-state index in [1.165, 1.54) is 9.80 Å². The number of aromatic nitrogens is 9. The minimum absolute atomic E-state index is 0. The van der Waals surface area contributed by atoms with Gasteiger partial charge in [0.15, 0.2) is 0 Å². The van der Waals surface area contributed by atoms with Crippen LogP contribution in [0.5, 0.6) is 0 Å². The van der Waals surface area contributed by atoms with Gasteiger partial charge in [-0.05, 0) is 0 Å². The van der Waals surface area contributed by atoms with Gasteiger partial charge in [-0.15, -0.1) is 5.10 Å².